The lowest BCUT2D eigenvalue weighted by Gasteiger charge is -2.11. The fourth-order valence-electron chi connectivity index (χ4n) is 2.51. The quantitative estimate of drug-likeness (QED) is 0.355. The van der Waals surface area contributed by atoms with Gasteiger partial charge in [-0.15, -0.1) is 0 Å². The summed E-state index contributed by atoms with van der Waals surface area (Å²) >= 11 is 0. The largest absolute Gasteiger partial charge is 0.493 e. The molecule has 1 N–H and O–H groups in total. The average molecular weight is 428 g/mol. The molecule has 3 rings (SSSR count). The van der Waals surface area contributed by atoms with E-state index in [0.717, 1.165) is 0 Å². The Morgan fingerprint density at radius 2 is 1.57 bits per heavy atom. The maximum Gasteiger partial charge on any atom is 0.278 e. The lowest BCUT2D eigenvalue weighted by Crippen LogP contribution is -2.19. The molecule has 1 heterocycles. The van der Waals surface area contributed by atoms with Crippen molar-refractivity contribution in [1.82, 2.24) is 5.16 Å². The van der Waals surface area contributed by atoms with Crippen molar-refractivity contribution >= 4 is 11.6 Å². The smallest absolute Gasteiger partial charge is 0.278 e. The minimum atomic E-state index is -2.34. The molecule has 2 aromatic carbocycles. The minimum absolute atomic E-state index is 0.0993. The van der Waals surface area contributed by atoms with Crippen LogP contribution in [-0.4, -0.2) is 18.2 Å². The Hall–Kier alpha value is -3.63. The van der Waals surface area contributed by atoms with Gasteiger partial charge < -0.3 is 19.3 Å². The monoisotopic (exact) mass is 428 g/mol. The Balaban J connectivity index is 1.87. The number of hydrogen-bond donors (Lipinski definition) is 1. The number of methoxy groups -OCH3 is 1. The van der Waals surface area contributed by atoms with Crippen LogP contribution in [0.4, 0.5) is 27.6 Å². The molecule has 1 aromatic heterocycles. The number of rotatable bonds is 6. The zero-order valence-electron chi connectivity index (χ0n) is 15.5. The molecule has 0 aliphatic rings. The highest BCUT2D eigenvalue weighted by Crippen LogP contribution is 2.29. The number of nitrogens with one attached hydrogen (secondary N) is 1. The second-order valence-corrected chi connectivity index (χ2v) is 5.90. The molecular formula is C19H13F5N2O4. The molecule has 0 saturated heterocycles. The van der Waals surface area contributed by atoms with Crippen LogP contribution in [0.2, 0.25) is 0 Å². The van der Waals surface area contributed by atoms with Crippen molar-refractivity contribution in [2.24, 2.45) is 0 Å². The van der Waals surface area contributed by atoms with E-state index in [0.29, 0.717) is 11.5 Å². The Kier molecular flexibility index (Phi) is 5.90. The third-order valence-corrected chi connectivity index (χ3v) is 4.09. The van der Waals surface area contributed by atoms with Gasteiger partial charge in [0.05, 0.1) is 12.7 Å². The number of ether oxygens (including phenoxy) is 2. The zero-order valence-corrected chi connectivity index (χ0v) is 15.5. The van der Waals surface area contributed by atoms with Crippen LogP contribution in [0.25, 0.3) is 0 Å². The van der Waals surface area contributed by atoms with Crippen LogP contribution in [0.5, 0.6) is 11.5 Å². The predicted molar refractivity (Wildman–Crippen MR) is 92.8 cm³/mol. The van der Waals surface area contributed by atoms with Crippen LogP contribution in [0.3, 0.4) is 0 Å². The normalized spacial score (nSPS) is 10.8. The van der Waals surface area contributed by atoms with Crippen LogP contribution < -0.4 is 14.8 Å². The Morgan fingerprint density at radius 3 is 2.17 bits per heavy atom. The molecule has 3 aromatic rings. The molecule has 0 fully saturated rings. The molecule has 0 atom stereocenters. The summed E-state index contributed by atoms with van der Waals surface area (Å²) in [4.78, 5) is 12.4. The molecule has 6 nitrogen and oxygen atoms in total. The average Bonchev–Trinajstić information content (AvgIpc) is 3.12. The van der Waals surface area contributed by atoms with Crippen molar-refractivity contribution in [3.05, 3.63) is 70.4 Å². The Morgan fingerprint density at radius 1 is 1.00 bits per heavy atom. The fraction of sp³-hybridized carbons (Fsp3) is 0.158. The third-order valence-electron chi connectivity index (χ3n) is 4.09. The number of hydrogen-bond acceptors (Lipinski definition) is 5. The van der Waals surface area contributed by atoms with Gasteiger partial charge in [0.1, 0.15) is 18.1 Å². The van der Waals surface area contributed by atoms with E-state index in [1.54, 1.807) is 29.6 Å². The number of carbonyl (C=O) groups is 1. The van der Waals surface area contributed by atoms with E-state index < -0.39 is 46.4 Å². The van der Waals surface area contributed by atoms with Crippen LogP contribution in [0.15, 0.2) is 28.8 Å². The molecule has 0 saturated carbocycles. The minimum Gasteiger partial charge on any atom is -0.493 e. The van der Waals surface area contributed by atoms with E-state index >= 15 is 0 Å². The zero-order chi connectivity index (χ0) is 22.0. The van der Waals surface area contributed by atoms with E-state index in [4.69, 9.17) is 14.0 Å². The topological polar surface area (TPSA) is 73.6 Å². The van der Waals surface area contributed by atoms with E-state index in [9.17, 15) is 26.7 Å². The fourth-order valence-corrected chi connectivity index (χ4v) is 2.51. The molecular weight excluding hydrogens is 415 g/mol. The van der Waals surface area contributed by atoms with E-state index in [1.165, 1.54) is 14.0 Å². The summed E-state index contributed by atoms with van der Waals surface area (Å²) in [6.07, 6.45) is 0. The van der Waals surface area contributed by atoms with Crippen LogP contribution >= 0.6 is 0 Å². The second-order valence-electron chi connectivity index (χ2n) is 5.90. The van der Waals surface area contributed by atoms with Crippen molar-refractivity contribution in [1.29, 1.82) is 0 Å². The van der Waals surface area contributed by atoms with Gasteiger partial charge in [-0.05, 0) is 19.1 Å². The summed E-state index contributed by atoms with van der Waals surface area (Å²) < 4.78 is 83.1. The highest BCUT2D eigenvalue weighted by molar-refractivity contribution is 6.04. The first-order chi connectivity index (χ1) is 14.3. The Labute approximate surface area is 166 Å². The van der Waals surface area contributed by atoms with Crippen molar-refractivity contribution in [2.45, 2.75) is 13.5 Å². The summed E-state index contributed by atoms with van der Waals surface area (Å²) in [6, 6.07) is 6.61. The SMILES string of the molecule is COc1ccccc1OCc1c(C(=O)Nc2c(F)c(F)c(F)c(F)c2F)noc1C. The molecule has 1 amide bonds. The second kappa shape index (κ2) is 8.39. The van der Waals surface area contributed by atoms with Gasteiger partial charge in [-0.1, -0.05) is 17.3 Å². The number of benzene rings is 2. The maximum absolute atomic E-state index is 13.8. The van der Waals surface area contributed by atoms with Gasteiger partial charge in [-0.2, -0.15) is 0 Å². The van der Waals surface area contributed by atoms with Crippen molar-refractivity contribution < 1.29 is 40.7 Å². The van der Waals surface area contributed by atoms with Gasteiger partial charge in [0.15, 0.2) is 40.5 Å². The first-order valence-corrected chi connectivity index (χ1v) is 8.30. The summed E-state index contributed by atoms with van der Waals surface area (Å²) in [5.74, 6) is -11.5. The summed E-state index contributed by atoms with van der Waals surface area (Å²) in [5, 5.41) is 5.12. The number of para-hydroxylation sites is 2. The number of halogens is 5. The van der Waals surface area contributed by atoms with Crippen molar-refractivity contribution in [3.63, 3.8) is 0 Å². The van der Waals surface area contributed by atoms with E-state index in [-0.39, 0.29) is 17.9 Å². The summed E-state index contributed by atoms with van der Waals surface area (Å²) in [5.41, 5.74) is -1.86. The third kappa shape index (κ3) is 3.78. The Bertz CT molecular complexity index is 1090. The van der Waals surface area contributed by atoms with Crippen LogP contribution in [-0.2, 0) is 6.61 Å². The number of aryl methyl sites for hydroxylation is 1. The standard InChI is InChI=1S/C19H13F5N2O4/c1-8-9(7-29-11-6-4-3-5-10(11)28-2)17(26-30-8)19(27)25-18-15(23)13(21)12(20)14(22)16(18)24/h3-6H,7H2,1-2H3,(H,25,27). The summed E-state index contributed by atoms with van der Waals surface area (Å²) in [6.45, 7) is 1.19. The first-order valence-electron chi connectivity index (χ1n) is 8.30. The molecule has 158 valence electrons. The van der Waals surface area contributed by atoms with Gasteiger partial charge in [-0.3, -0.25) is 4.79 Å². The highest BCUT2D eigenvalue weighted by atomic mass is 19.2. The molecule has 0 aliphatic heterocycles. The molecule has 0 spiro atoms. The predicted octanol–water partition coefficient (Wildman–Crippen LogP) is 4.52. The van der Waals surface area contributed by atoms with Gasteiger partial charge in [0, 0.05) is 0 Å². The number of aromatic nitrogens is 1. The van der Waals surface area contributed by atoms with Gasteiger partial charge >= 0.3 is 0 Å². The molecule has 0 aliphatic carbocycles. The number of amides is 1. The summed E-state index contributed by atoms with van der Waals surface area (Å²) in [7, 11) is 1.43. The van der Waals surface area contributed by atoms with Gasteiger partial charge in [0.2, 0.25) is 5.82 Å². The number of nitrogens with zero attached hydrogens (tertiary/aromatic N) is 1. The molecule has 0 radical (unpaired) electrons. The number of carbonyl (C=O) groups excluding carboxylic acids is 1. The molecule has 0 unspecified atom stereocenters. The van der Waals surface area contributed by atoms with Crippen LogP contribution in [0.1, 0.15) is 21.8 Å². The first kappa shape index (κ1) is 21.1. The lowest BCUT2D eigenvalue weighted by atomic mass is 10.2. The number of anilines is 1. The van der Waals surface area contributed by atoms with Gasteiger partial charge in [-0.25, -0.2) is 22.0 Å². The molecule has 11 heteroatoms. The van der Waals surface area contributed by atoms with Crippen LogP contribution in [0, 0.1) is 36.0 Å². The van der Waals surface area contributed by atoms with Gasteiger partial charge in [0.25, 0.3) is 5.91 Å². The highest BCUT2D eigenvalue weighted by Gasteiger charge is 2.29. The lowest BCUT2D eigenvalue weighted by molar-refractivity contribution is 0.101. The molecule has 30 heavy (non-hydrogen) atoms. The van der Waals surface area contributed by atoms with Crippen molar-refractivity contribution in [3.8, 4) is 11.5 Å². The van der Waals surface area contributed by atoms with E-state index in [2.05, 4.69) is 5.16 Å². The van der Waals surface area contributed by atoms with Crippen molar-refractivity contribution in [2.75, 3.05) is 12.4 Å². The molecule has 0 bridgehead atoms. The van der Waals surface area contributed by atoms with E-state index in [1.807, 2.05) is 0 Å². The maximum atomic E-state index is 13.8.